The number of rotatable bonds is 7. The van der Waals surface area contributed by atoms with Crippen molar-refractivity contribution in [1.29, 1.82) is 0 Å². The molecule has 1 heterocycles. The predicted molar refractivity (Wildman–Crippen MR) is 112 cm³/mol. The van der Waals surface area contributed by atoms with Crippen molar-refractivity contribution in [1.82, 2.24) is 20.3 Å². The summed E-state index contributed by atoms with van der Waals surface area (Å²) in [6, 6.07) is 8.69. The van der Waals surface area contributed by atoms with Gasteiger partial charge in [-0.3, -0.25) is 4.79 Å². The Kier molecular flexibility index (Phi) is 6.22. The molecule has 1 aromatic heterocycles. The fraction of sp³-hybridized carbons (Fsp3) is 0.261. The lowest BCUT2D eigenvalue weighted by Gasteiger charge is -2.43. The largest absolute Gasteiger partial charge is 0.388 e. The third kappa shape index (κ3) is 5.14. The van der Waals surface area contributed by atoms with E-state index in [0.29, 0.717) is 23.8 Å². The maximum atomic E-state index is 14.1. The van der Waals surface area contributed by atoms with Gasteiger partial charge < -0.3 is 10.4 Å². The number of amides is 1. The normalized spacial score (nSPS) is 20.4. The average Bonchev–Trinajstić information content (AvgIpc) is 3.22. The Labute approximate surface area is 190 Å². The maximum absolute atomic E-state index is 14.1. The molecule has 1 aliphatic carbocycles. The first-order valence-electron chi connectivity index (χ1n) is 10.3. The summed E-state index contributed by atoms with van der Waals surface area (Å²) in [6.07, 6.45) is 2.85. The van der Waals surface area contributed by atoms with Crippen molar-refractivity contribution in [2.75, 3.05) is 0 Å². The van der Waals surface area contributed by atoms with Crippen LogP contribution in [0.3, 0.4) is 0 Å². The standard InChI is InChI=1S/C23H19F5N4O2/c24-17-9-19(26)18(25)8-16(17)20-12-32(31-30-20)13-22(34)10-15(11-22)29-21(33)23(27,28)7-6-14-4-2-1-3-5-14/h1-9,12,15,34H,10-11,13H2,(H,29,33)/b7-6+. The van der Waals surface area contributed by atoms with Gasteiger partial charge in [-0.15, -0.1) is 5.10 Å². The van der Waals surface area contributed by atoms with Crippen LogP contribution in [0.25, 0.3) is 17.3 Å². The number of halogens is 5. The summed E-state index contributed by atoms with van der Waals surface area (Å²) in [6.45, 7) is -0.123. The molecule has 0 atom stereocenters. The van der Waals surface area contributed by atoms with E-state index >= 15 is 0 Å². The number of nitrogens with one attached hydrogen (secondary N) is 1. The maximum Gasteiger partial charge on any atom is 0.343 e. The number of aromatic nitrogens is 3. The van der Waals surface area contributed by atoms with Gasteiger partial charge in [0.15, 0.2) is 11.6 Å². The van der Waals surface area contributed by atoms with Crippen LogP contribution in [0.15, 0.2) is 54.7 Å². The van der Waals surface area contributed by atoms with Gasteiger partial charge in [-0.2, -0.15) is 8.78 Å². The summed E-state index contributed by atoms with van der Waals surface area (Å²) in [4.78, 5) is 12.0. The van der Waals surface area contributed by atoms with E-state index in [1.165, 1.54) is 10.9 Å². The van der Waals surface area contributed by atoms with Crippen molar-refractivity contribution in [3.05, 3.63) is 77.8 Å². The molecule has 1 amide bonds. The molecule has 2 aromatic carbocycles. The molecule has 34 heavy (non-hydrogen) atoms. The Morgan fingerprint density at radius 2 is 1.82 bits per heavy atom. The molecule has 3 aromatic rings. The monoisotopic (exact) mass is 478 g/mol. The van der Waals surface area contributed by atoms with E-state index in [1.807, 2.05) is 0 Å². The smallest absolute Gasteiger partial charge is 0.343 e. The summed E-state index contributed by atoms with van der Waals surface area (Å²) in [5, 5.41) is 20.2. The van der Waals surface area contributed by atoms with Gasteiger partial charge in [0.25, 0.3) is 5.91 Å². The molecule has 1 aliphatic rings. The highest BCUT2D eigenvalue weighted by atomic mass is 19.3. The topological polar surface area (TPSA) is 80.0 Å². The van der Waals surface area contributed by atoms with Crippen LogP contribution in [0.4, 0.5) is 22.0 Å². The van der Waals surface area contributed by atoms with E-state index in [9.17, 15) is 31.9 Å². The SMILES string of the molecule is O=C(NC1CC(O)(Cn2cc(-c3cc(F)c(F)cc3F)nn2)C1)C(F)(F)/C=C/c1ccccc1. The number of hydrogen-bond acceptors (Lipinski definition) is 4. The highest BCUT2D eigenvalue weighted by Crippen LogP contribution is 2.35. The Balaban J connectivity index is 1.33. The first-order chi connectivity index (χ1) is 16.0. The van der Waals surface area contributed by atoms with Crippen LogP contribution in [-0.2, 0) is 11.3 Å². The molecule has 11 heteroatoms. The summed E-state index contributed by atoms with van der Waals surface area (Å²) >= 11 is 0. The summed E-state index contributed by atoms with van der Waals surface area (Å²) in [7, 11) is 0. The van der Waals surface area contributed by atoms with E-state index < -0.39 is 40.9 Å². The van der Waals surface area contributed by atoms with E-state index in [4.69, 9.17) is 0 Å². The molecule has 0 spiro atoms. The van der Waals surface area contributed by atoms with Crippen LogP contribution < -0.4 is 5.32 Å². The molecule has 0 saturated heterocycles. The van der Waals surface area contributed by atoms with Crippen LogP contribution in [-0.4, -0.2) is 43.6 Å². The molecule has 6 nitrogen and oxygen atoms in total. The second-order valence-electron chi connectivity index (χ2n) is 8.22. The van der Waals surface area contributed by atoms with Crippen molar-refractivity contribution < 1.29 is 31.9 Å². The first kappa shape index (κ1) is 23.6. The van der Waals surface area contributed by atoms with Crippen molar-refractivity contribution in [3.8, 4) is 11.3 Å². The third-order valence-corrected chi connectivity index (χ3v) is 5.46. The summed E-state index contributed by atoms with van der Waals surface area (Å²) in [5.74, 6) is -8.84. The van der Waals surface area contributed by atoms with Crippen LogP contribution >= 0.6 is 0 Å². The van der Waals surface area contributed by atoms with E-state index in [0.717, 1.165) is 6.08 Å². The first-order valence-corrected chi connectivity index (χ1v) is 10.3. The second kappa shape index (κ2) is 8.98. The van der Waals surface area contributed by atoms with Gasteiger partial charge in [0.2, 0.25) is 0 Å². The molecule has 0 aliphatic heterocycles. The zero-order chi connectivity index (χ0) is 24.5. The molecule has 1 fully saturated rings. The number of aliphatic hydroxyl groups is 1. The molecule has 1 saturated carbocycles. The van der Waals surface area contributed by atoms with Gasteiger partial charge in [-0.25, -0.2) is 17.9 Å². The molecule has 0 bridgehead atoms. The number of nitrogens with zero attached hydrogens (tertiary/aromatic N) is 3. The van der Waals surface area contributed by atoms with Gasteiger partial charge in [-0.1, -0.05) is 41.6 Å². The van der Waals surface area contributed by atoms with Gasteiger partial charge in [0, 0.05) is 17.7 Å². The number of carbonyl (C=O) groups excluding carboxylic acids is 1. The minimum atomic E-state index is -3.74. The van der Waals surface area contributed by atoms with Crippen molar-refractivity contribution >= 4 is 12.0 Å². The lowest BCUT2D eigenvalue weighted by Crippen LogP contribution is -2.59. The highest BCUT2D eigenvalue weighted by Gasteiger charge is 2.46. The Morgan fingerprint density at radius 3 is 2.53 bits per heavy atom. The van der Waals surface area contributed by atoms with Gasteiger partial charge in [0.1, 0.15) is 11.5 Å². The molecule has 0 unspecified atom stereocenters. The van der Waals surface area contributed by atoms with Gasteiger partial charge in [0.05, 0.1) is 18.3 Å². The Morgan fingerprint density at radius 1 is 1.15 bits per heavy atom. The Hall–Kier alpha value is -3.60. The summed E-state index contributed by atoms with van der Waals surface area (Å²) in [5.41, 5.74) is -1.23. The number of hydrogen-bond donors (Lipinski definition) is 2. The minimum Gasteiger partial charge on any atom is -0.388 e. The predicted octanol–water partition coefficient (Wildman–Crippen LogP) is 3.72. The van der Waals surface area contributed by atoms with E-state index in [-0.39, 0.29) is 30.6 Å². The van der Waals surface area contributed by atoms with Crippen molar-refractivity contribution in [3.63, 3.8) is 0 Å². The highest BCUT2D eigenvalue weighted by molar-refractivity contribution is 5.86. The quantitative estimate of drug-likeness (QED) is 0.401. The van der Waals surface area contributed by atoms with Crippen LogP contribution in [0, 0.1) is 17.5 Å². The molecule has 2 N–H and O–H groups in total. The van der Waals surface area contributed by atoms with E-state index in [1.54, 1.807) is 30.3 Å². The Bertz CT molecular complexity index is 1220. The minimum absolute atomic E-state index is 0.0219. The zero-order valence-corrected chi connectivity index (χ0v) is 17.6. The fourth-order valence-electron chi connectivity index (χ4n) is 3.73. The fourth-order valence-corrected chi connectivity index (χ4v) is 3.73. The van der Waals surface area contributed by atoms with Gasteiger partial charge >= 0.3 is 5.92 Å². The van der Waals surface area contributed by atoms with Crippen LogP contribution in [0.1, 0.15) is 18.4 Å². The van der Waals surface area contributed by atoms with Crippen LogP contribution in [0.5, 0.6) is 0 Å². The lowest BCUT2D eigenvalue weighted by atomic mass is 9.75. The zero-order valence-electron chi connectivity index (χ0n) is 17.6. The lowest BCUT2D eigenvalue weighted by molar-refractivity contribution is -0.144. The number of carbonyl (C=O) groups is 1. The molecule has 0 radical (unpaired) electrons. The van der Waals surface area contributed by atoms with Crippen molar-refractivity contribution in [2.24, 2.45) is 0 Å². The van der Waals surface area contributed by atoms with E-state index in [2.05, 4.69) is 15.6 Å². The molecular weight excluding hydrogens is 459 g/mol. The van der Waals surface area contributed by atoms with Crippen molar-refractivity contribution in [2.45, 2.75) is 37.0 Å². The summed E-state index contributed by atoms with van der Waals surface area (Å²) < 4.78 is 69.9. The van der Waals surface area contributed by atoms with Crippen LogP contribution in [0.2, 0.25) is 0 Å². The second-order valence-corrected chi connectivity index (χ2v) is 8.22. The van der Waals surface area contributed by atoms with Gasteiger partial charge in [-0.05, 0) is 30.5 Å². The molecular formula is C23H19F5N4O2. The molecule has 178 valence electrons. The average molecular weight is 478 g/mol. The number of alkyl halides is 2. The number of benzene rings is 2. The third-order valence-electron chi connectivity index (χ3n) is 5.46. The molecule has 4 rings (SSSR count).